The maximum atomic E-state index is 13.0. The second-order valence-corrected chi connectivity index (χ2v) is 7.96. The Morgan fingerprint density at radius 2 is 1.72 bits per heavy atom. The number of amides is 2. The molecule has 0 aromatic heterocycles. The molecule has 3 rings (SSSR count). The Morgan fingerprint density at radius 1 is 1.07 bits per heavy atom. The molecule has 2 atom stereocenters. The maximum absolute atomic E-state index is 13.0. The average Bonchev–Trinajstić information content (AvgIpc) is 2.71. The van der Waals surface area contributed by atoms with Crippen LogP contribution in [0.15, 0.2) is 18.2 Å². The Bertz CT molecular complexity index is 733. The van der Waals surface area contributed by atoms with Gasteiger partial charge in [0, 0.05) is 31.7 Å². The van der Waals surface area contributed by atoms with Gasteiger partial charge in [-0.05, 0) is 31.9 Å². The Labute approximate surface area is 178 Å². The molecule has 1 aromatic rings. The second-order valence-electron chi connectivity index (χ2n) is 7.96. The number of methoxy groups -OCH3 is 2. The van der Waals surface area contributed by atoms with E-state index in [0.29, 0.717) is 43.2 Å². The number of hydrogen-bond donors (Lipinski definition) is 1. The molecule has 1 saturated heterocycles. The first-order valence-corrected chi connectivity index (χ1v) is 9.97. The van der Waals surface area contributed by atoms with Crippen LogP contribution >= 0.6 is 12.4 Å². The van der Waals surface area contributed by atoms with E-state index in [2.05, 4.69) is 0 Å². The van der Waals surface area contributed by atoms with E-state index in [1.807, 2.05) is 11.8 Å². The first-order chi connectivity index (χ1) is 13.4. The first-order valence-electron chi connectivity index (χ1n) is 9.97. The van der Waals surface area contributed by atoms with Gasteiger partial charge >= 0.3 is 0 Å². The third-order valence-corrected chi connectivity index (χ3v) is 6.06. The van der Waals surface area contributed by atoms with Crippen LogP contribution in [0.4, 0.5) is 0 Å². The second kappa shape index (κ2) is 9.67. The van der Waals surface area contributed by atoms with Gasteiger partial charge in [0.15, 0.2) is 11.5 Å². The van der Waals surface area contributed by atoms with E-state index in [0.717, 1.165) is 25.7 Å². The van der Waals surface area contributed by atoms with Crippen molar-refractivity contribution in [2.24, 2.45) is 11.7 Å². The Hall–Kier alpha value is -1.99. The number of carbonyl (C=O) groups excluding carboxylic acids is 2. The summed E-state index contributed by atoms with van der Waals surface area (Å²) in [5.41, 5.74) is 6.44. The molecule has 2 aliphatic rings. The average molecular weight is 426 g/mol. The number of halogens is 1. The number of ether oxygens (including phenoxy) is 2. The zero-order valence-electron chi connectivity index (χ0n) is 17.5. The molecule has 1 aliphatic heterocycles. The van der Waals surface area contributed by atoms with Gasteiger partial charge in [-0.15, -0.1) is 12.4 Å². The number of carbonyl (C=O) groups is 2. The summed E-state index contributed by atoms with van der Waals surface area (Å²) in [7, 11) is 3.08. The van der Waals surface area contributed by atoms with Crippen LogP contribution in [-0.2, 0) is 4.79 Å². The van der Waals surface area contributed by atoms with Crippen molar-refractivity contribution in [1.82, 2.24) is 9.80 Å². The summed E-state index contributed by atoms with van der Waals surface area (Å²) < 4.78 is 10.7. The summed E-state index contributed by atoms with van der Waals surface area (Å²) in [5.74, 6) is 0.873. The molecule has 1 aromatic carbocycles. The van der Waals surface area contributed by atoms with E-state index in [4.69, 9.17) is 15.2 Å². The van der Waals surface area contributed by atoms with Crippen LogP contribution in [0.2, 0.25) is 0 Å². The van der Waals surface area contributed by atoms with E-state index in [-0.39, 0.29) is 30.1 Å². The predicted octanol–water partition coefficient (Wildman–Crippen LogP) is 2.32. The van der Waals surface area contributed by atoms with Crippen LogP contribution in [0.3, 0.4) is 0 Å². The van der Waals surface area contributed by atoms with Gasteiger partial charge < -0.3 is 25.0 Å². The lowest BCUT2D eigenvalue weighted by Crippen LogP contribution is -2.57. The lowest BCUT2D eigenvalue weighted by Gasteiger charge is -2.42. The van der Waals surface area contributed by atoms with Crippen molar-refractivity contribution in [3.05, 3.63) is 23.8 Å². The summed E-state index contributed by atoms with van der Waals surface area (Å²) in [6.45, 7) is 4.05. The monoisotopic (exact) mass is 425 g/mol. The van der Waals surface area contributed by atoms with Gasteiger partial charge in [0.25, 0.3) is 5.91 Å². The molecular weight excluding hydrogens is 394 g/mol. The lowest BCUT2D eigenvalue weighted by molar-refractivity contribution is -0.140. The molecule has 8 heteroatoms. The third kappa shape index (κ3) is 4.78. The normalized spacial score (nSPS) is 24.5. The first kappa shape index (κ1) is 23.3. The molecule has 29 heavy (non-hydrogen) atoms. The van der Waals surface area contributed by atoms with Crippen molar-refractivity contribution in [1.29, 1.82) is 0 Å². The van der Waals surface area contributed by atoms with Gasteiger partial charge in [0.2, 0.25) is 5.91 Å². The maximum Gasteiger partial charge on any atom is 0.257 e. The standard InChI is InChI=1S/C21H31N3O4.ClH/c1-21(22)10-5-4-8-16(21)20(26)24-13-11-23(12-14-24)19(25)15-7-6-9-17(27-2)18(15)28-3;/h6-7,9,16H,4-5,8,10-14,22H2,1-3H3;1H. The Kier molecular flexibility index (Phi) is 7.77. The fourth-order valence-electron chi connectivity index (χ4n) is 4.34. The molecule has 2 amide bonds. The molecule has 1 aliphatic carbocycles. The summed E-state index contributed by atoms with van der Waals surface area (Å²) in [4.78, 5) is 29.6. The molecule has 2 N–H and O–H groups in total. The molecule has 2 unspecified atom stereocenters. The molecule has 1 saturated carbocycles. The van der Waals surface area contributed by atoms with Gasteiger partial charge in [-0.1, -0.05) is 18.9 Å². The van der Waals surface area contributed by atoms with Crippen LogP contribution in [0.1, 0.15) is 43.0 Å². The van der Waals surface area contributed by atoms with Gasteiger partial charge in [-0.3, -0.25) is 9.59 Å². The summed E-state index contributed by atoms with van der Waals surface area (Å²) in [6.07, 6.45) is 3.88. The molecule has 1 heterocycles. The lowest BCUT2D eigenvalue weighted by atomic mass is 9.74. The van der Waals surface area contributed by atoms with Crippen LogP contribution in [0.5, 0.6) is 11.5 Å². The predicted molar refractivity (Wildman–Crippen MR) is 114 cm³/mol. The third-order valence-electron chi connectivity index (χ3n) is 6.06. The molecule has 0 spiro atoms. The highest BCUT2D eigenvalue weighted by Gasteiger charge is 2.40. The minimum absolute atomic E-state index is 0. The minimum Gasteiger partial charge on any atom is -0.493 e. The van der Waals surface area contributed by atoms with Crippen molar-refractivity contribution in [3.63, 3.8) is 0 Å². The van der Waals surface area contributed by atoms with Crippen molar-refractivity contribution in [2.75, 3.05) is 40.4 Å². The van der Waals surface area contributed by atoms with Crippen LogP contribution < -0.4 is 15.2 Å². The highest BCUT2D eigenvalue weighted by Crippen LogP contribution is 2.34. The minimum atomic E-state index is -0.434. The molecule has 0 radical (unpaired) electrons. The van der Waals surface area contributed by atoms with Gasteiger partial charge in [-0.25, -0.2) is 0 Å². The van der Waals surface area contributed by atoms with Crippen molar-refractivity contribution in [3.8, 4) is 11.5 Å². The van der Waals surface area contributed by atoms with Gasteiger partial charge in [-0.2, -0.15) is 0 Å². The highest BCUT2D eigenvalue weighted by molar-refractivity contribution is 5.98. The summed E-state index contributed by atoms with van der Waals surface area (Å²) in [5, 5.41) is 0. The molecule has 162 valence electrons. The molecule has 7 nitrogen and oxygen atoms in total. The Balaban J connectivity index is 0.00000300. The topological polar surface area (TPSA) is 85.1 Å². The van der Waals surface area contributed by atoms with E-state index < -0.39 is 5.54 Å². The summed E-state index contributed by atoms with van der Waals surface area (Å²) >= 11 is 0. The number of benzene rings is 1. The van der Waals surface area contributed by atoms with E-state index in [1.165, 1.54) is 7.11 Å². The van der Waals surface area contributed by atoms with Crippen LogP contribution in [0, 0.1) is 5.92 Å². The molecule has 2 fully saturated rings. The van der Waals surface area contributed by atoms with E-state index in [9.17, 15) is 9.59 Å². The van der Waals surface area contributed by atoms with Gasteiger partial charge in [0.1, 0.15) is 0 Å². The number of nitrogens with zero attached hydrogens (tertiary/aromatic N) is 2. The SMILES string of the molecule is COc1cccc(C(=O)N2CCN(C(=O)C3CCCCC3(C)N)CC2)c1OC.Cl. The number of nitrogens with two attached hydrogens (primary N) is 1. The van der Waals surface area contributed by atoms with Crippen LogP contribution in [0.25, 0.3) is 0 Å². The zero-order chi connectivity index (χ0) is 20.3. The number of piperazine rings is 1. The van der Waals surface area contributed by atoms with Gasteiger partial charge in [0.05, 0.1) is 25.7 Å². The zero-order valence-corrected chi connectivity index (χ0v) is 18.3. The van der Waals surface area contributed by atoms with Crippen molar-refractivity contribution < 1.29 is 19.1 Å². The number of para-hydroxylation sites is 1. The van der Waals surface area contributed by atoms with E-state index in [1.54, 1.807) is 30.2 Å². The quantitative estimate of drug-likeness (QED) is 0.800. The van der Waals surface area contributed by atoms with Crippen molar-refractivity contribution in [2.45, 2.75) is 38.1 Å². The van der Waals surface area contributed by atoms with E-state index >= 15 is 0 Å². The smallest absolute Gasteiger partial charge is 0.257 e. The Morgan fingerprint density at radius 3 is 2.31 bits per heavy atom. The highest BCUT2D eigenvalue weighted by atomic mass is 35.5. The largest absolute Gasteiger partial charge is 0.493 e. The molecular formula is C21H32ClN3O4. The summed E-state index contributed by atoms with van der Waals surface area (Å²) in [6, 6.07) is 5.28. The van der Waals surface area contributed by atoms with Crippen LogP contribution in [-0.4, -0.2) is 67.6 Å². The van der Waals surface area contributed by atoms with Crippen molar-refractivity contribution >= 4 is 24.2 Å². The fourth-order valence-corrected chi connectivity index (χ4v) is 4.34. The molecule has 0 bridgehead atoms. The number of hydrogen-bond acceptors (Lipinski definition) is 5. The number of rotatable bonds is 4. The fraction of sp³-hybridized carbons (Fsp3) is 0.619.